The van der Waals surface area contributed by atoms with Gasteiger partial charge in [0.1, 0.15) is 0 Å². The maximum Gasteiger partial charge on any atom is 0.0590 e. The average Bonchev–Trinajstić information content (AvgIpc) is 2.34. The van der Waals surface area contributed by atoms with Crippen molar-refractivity contribution in [1.82, 2.24) is 0 Å². The molecule has 17 heavy (non-hydrogen) atoms. The van der Waals surface area contributed by atoms with Gasteiger partial charge >= 0.3 is 0 Å². The summed E-state index contributed by atoms with van der Waals surface area (Å²) in [5, 5.41) is 4.23. The van der Waals surface area contributed by atoms with Crippen LogP contribution in [0.2, 0.25) is 0 Å². The van der Waals surface area contributed by atoms with Crippen LogP contribution in [-0.2, 0) is 0 Å². The fourth-order valence-electron chi connectivity index (χ4n) is 1.53. The molecule has 0 aliphatic rings. The third-order valence-electron chi connectivity index (χ3n) is 2.62. The first-order valence-corrected chi connectivity index (χ1v) is 5.67. The molecule has 0 saturated heterocycles. The molecule has 0 amide bonds. The van der Waals surface area contributed by atoms with E-state index in [9.17, 15) is 0 Å². The summed E-state index contributed by atoms with van der Waals surface area (Å²) in [5.41, 5.74) is 7.62. The van der Waals surface area contributed by atoms with Gasteiger partial charge in [0.05, 0.1) is 11.9 Å². The van der Waals surface area contributed by atoms with Crippen LogP contribution in [0.15, 0.2) is 53.6 Å². The van der Waals surface area contributed by atoms with Crippen LogP contribution in [-0.4, -0.2) is 6.21 Å². The number of hydrogen-bond donors (Lipinski definition) is 1. The van der Waals surface area contributed by atoms with E-state index in [0.29, 0.717) is 0 Å². The minimum absolute atomic E-state index is 1.04. The fraction of sp³-hybridized carbons (Fsp3) is 0.133. The third-order valence-corrected chi connectivity index (χ3v) is 2.62. The van der Waals surface area contributed by atoms with E-state index in [4.69, 9.17) is 0 Å². The van der Waals surface area contributed by atoms with Crippen molar-refractivity contribution >= 4 is 11.9 Å². The van der Waals surface area contributed by atoms with Crippen LogP contribution in [0, 0.1) is 13.8 Å². The van der Waals surface area contributed by atoms with Gasteiger partial charge in [0.25, 0.3) is 0 Å². The molecule has 2 heteroatoms. The first kappa shape index (κ1) is 11.4. The highest BCUT2D eigenvalue weighted by atomic mass is 15.3. The van der Waals surface area contributed by atoms with Gasteiger partial charge in [0, 0.05) is 0 Å². The highest BCUT2D eigenvalue weighted by Crippen LogP contribution is 2.12. The number of hydrogen-bond acceptors (Lipinski definition) is 2. The Morgan fingerprint density at radius 3 is 2.35 bits per heavy atom. The van der Waals surface area contributed by atoms with E-state index < -0.39 is 0 Å². The molecule has 86 valence electrons. The summed E-state index contributed by atoms with van der Waals surface area (Å²) in [4.78, 5) is 0. The van der Waals surface area contributed by atoms with Gasteiger partial charge in [-0.15, -0.1) is 0 Å². The molecule has 0 aliphatic carbocycles. The molecule has 0 atom stereocenters. The van der Waals surface area contributed by atoms with Gasteiger partial charge in [-0.05, 0) is 31.0 Å². The van der Waals surface area contributed by atoms with Gasteiger partial charge in [-0.3, -0.25) is 5.43 Å². The summed E-state index contributed by atoms with van der Waals surface area (Å²) in [7, 11) is 0. The number of hydrazone groups is 1. The van der Waals surface area contributed by atoms with Gasteiger partial charge in [0.15, 0.2) is 0 Å². The Balaban J connectivity index is 2.03. The Morgan fingerprint density at radius 2 is 1.65 bits per heavy atom. The van der Waals surface area contributed by atoms with Crippen molar-refractivity contribution in [3.8, 4) is 0 Å². The van der Waals surface area contributed by atoms with Crippen LogP contribution >= 0.6 is 0 Å². The van der Waals surface area contributed by atoms with Gasteiger partial charge < -0.3 is 0 Å². The lowest BCUT2D eigenvalue weighted by Gasteiger charge is -2.03. The molecule has 2 rings (SSSR count). The summed E-state index contributed by atoms with van der Waals surface area (Å²) < 4.78 is 0. The molecular formula is C15H16N2. The molecule has 0 saturated carbocycles. The zero-order valence-electron chi connectivity index (χ0n) is 10.1. The minimum atomic E-state index is 1.04. The van der Waals surface area contributed by atoms with Crippen LogP contribution in [0.25, 0.3) is 0 Å². The predicted octanol–water partition coefficient (Wildman–Crippen LogP) is 3.75. The second-order valence-corrected chi connectivity index (χ2v) is 4.10. The lowest BCUT2D eigenvalue weighted by molar-refractivity contribution is 1.31. The van der Waals surface area contributed by atoms with E-state index in [1.54, 1.807) is 0 Å². The van der Waals surface area contributed by atoms with Crippen molar-refractivity contribution < 1.29 is 0 Å². The number of rotatable bonds is 3. The SMILES string of the molecule is Cc1ccc(/C=N\Nc2ccccc2C)cc1. The average molecular weight is 224 g/mol. The topological polar surface area (TPSA) is 24.4 Å². The molecule has 0 fully saturated rings. The molecule has 2 aromatic carbocycles. The number of aryl methyl sites for hydroxylation is 2. The van der Waals surface area contributed by atoms with Crippen molar-refractivity contribution in [2.24, 2.45) is 5.10 Å². The highest BCUT2D eigenvalue weighted by molar-refractivity contribution is 5.80. The molecule has 0 aliphatic heterocycles. The smallest absolute Gasteiger partial charge is 0.0590 e. The van der Waals surface area contributed by atoms with Crippen LogP contribution in [0.4, 0.5) is 5.69 Å². The molecule has 0 spiro atoms. The van der Waals surface area contributed by atoms with Crippen molar-refractivity contribution in [1.29, 1.82) is 0 Å². The standard InChI is InChI=1S/C15H16N2/c1-12-7-9-14(10-8-12)11-16-17-15-6-4-3-5-13(15)2/h3-11,17H,1-2H3/b16-11-. The first-order chi connectivity index (χ1) is 8.25. The zero-order valence-corrected chi connectivity index (χ0v) is 10.1. The van der Waals surface area contributed by atoms with Crippen molar-refractivity contribution in [2.45, 2.75) is 13.8 Å². The second kappa shape index (κ2) is 5.30. The Labute approximate surface area is 102 Å². The van der Waals surface area contributed by atoms with Crippen LogP contribution in [0.5, 0.6) is 0 Å². The van der Waals surface area contributed by atoms with Crippen molar-refractivity contribution in [3.63, 3.8) is 0 Å². The Bertz CT molecular complexity index is 513. The largest absolute Gasteiger partial charge is 0.278 e. The number of anilines is 1. The highest BCUT2D eigenvalue weighted by Gasteiger charge is 1.92. The third kappa shape index (κ3) is 3.18. The lowest BCUT2D eigenvalue weighted by Crippen LogP contribution is -1.92. The summed E-state index contributed by atoms with van der Waals surface area (Å²) >= 11 is 0. The van der Waals surface area contributed by atoms with Crippen LogP contribution < -0.4 is 5.43 Å². The first-order valence-electron chi connectivity index (χ1n) is 5.67. The predicted molar refractivity (Wildman–Crippen MR) is 73.6 cm³/mol. The number of nitrogens with one attached hydrogen (secondary N) is 1. The monoisotopic (exact) mass is 224 g/mol. The van der Waals surface area contributed by atoms with Gasteiger partial charge in [-0.1, -0.05) is 48.0 Å². The van der Waals surface area contributed by atoms with Crippen molar-refractivity contribution in [2.75, 3.05) is 5.43 Å². The van der Waals surface area contributed by atoms with Gasteiger partial charge in [-0.2, -0.15) is 5.10 Å². The quantitative estimate of drug-likeness (QED) is 0.623. The van der Waals surface area contributed by atoms with Crippen molar-refractivity contribution in [3.05, 3.63) is 65.2 Å². The summed E-state index contributed by atoms with van der Waals surface area (Å²) in [6.45, 7) is 4.14. The van der Waals surface area contributed by atoms with E-state index in [1.807, 2.05) is 24.4 Å². The minimum Gasteiger partial charge on any atom is -0.278 e. The van der Waals surface area contributed by atoms with Gasteiger partial charge in [-0.25, -0.2) is 0 Å². The fourth-order valence-corrected chi connectivity index (χ4v) is 1.53. The Kier molecular flexibility index (Phi) is 3.55. The maximum atomic E-state index is 4.23. The van der Waals surface area contributed by atoms with E-state index in [2.05, 4.69) is 54.7 Å². The molecule has 0 heterocycles. The maximum absolute atomic E-state index is 4.23. The Morgan fingerprint density at radius 1 is 0.941 bits per heavy atom. The molecule has 2 aromatic rings. The molecule has 1 N–H and O–H groups in total. The molecule has 2 nitrogen and oxygen atoms in total. The summed E-state index contributed by atoms with van der Waals surface area (Å²) in [6, 6.07) is 16.4. The molecule has 0 aromatic heterocycles. The molecule has 0 unspecified atom stereocenters. The normalized spacial score (nSPS) is 10.7. The van der Waals surface area contributed by atoms with E-state index >= 15 is 0 Å². The van der Waals surface area contributed by atoms with E-state index in [-0.39, 0.29) is 0 Å². The molecule has 0 radical (unpaired) electrons. The number of benzene rings is 2. The Hall–Kier alpha value is -2.09. The van der Waals surface area contributed by atoms with Crippen LogP contribution in [0.3, 0.4) is 0 Å². The van der Waals surface area contributed by atoms with E-state index in [1.165, 1.54) is 11.1 Å². The molecule has 0 bridgehead atoms. The summed E-state index contributed by atoms with van der Waals surface area (Å²) in [6.07, 6.45) is 1.83. The van der Waals surface area contributed by atoms with Gasteiger partial charge in [0.2, 0.25) is 0 Å². The van der Waals surface area contributed by atoms with Crippen LogP contribution in [0.1, 0.15) is 16.7 Å². The number of nitrogens with zero attached hydrogens (tertiary/aromatic N) is 1. The zero-order chi connectivity index (χ0) is 12.1. The summed E-state index contributed by atoms with van der Waals surface area (Å²) in [5.74, 6) is 0. The lowest BCUT2D eigenvalue weighted by atomic mass is 10.2. The number of para-hydroxylation sites is 1. The second-order valence-electron chi connectivity index (χ2n) is 4.10. The van der Waals surface area contributed by atoms with E-state index in [0.717, 1.165) is 11.3 Å². The molecular weight excluding hydrogens is 208 g/mol.